The molecule has 0 saturated carbocycles. The van der Waals surface area contributed by atoms with Crippen LogP contribution in [0.2, 0.25) is 0 Å². The number of carbonyl (C=O) groups is 2. The van der Waals surface area contributed by atoms with Crippen molar-refractivity contribution in [3.63, 3.8) is 0 Å². The van der Waals surface area contributed by atoms with Gasteiger partial charge in [0.2, 0.25) is 0 Å². The highest BCUT2D eigenvalue weighted by molar-refractivity contribution is 7.90. The molecule has 2 amide bonds. The Hall–Kier alpha value is -1.35. The van der Waals surface area contributed by atoms with Crippen LogP contribution in [0, 0.1) is 0 Å². The Balaban J connectivity index is 2.56. The summed E-state index contributed by atoms with van der Waals surface area (Å²) in [4.78, 5) is 24.4. The first-order valence-electron chi connectivity index (χ1n) is 6.40. The fraction of sp³-hybridized carbons (Fsp3) is 0.818. The Morgan fingerprint density at radius 1 is 1.50 bits per heavy atom. The number of nitrogens with zero attached hydrogens (tertiary/aromatic N) is 1. The van der Waals surface area contributed by atoms with Crippen molar-refractivity contribution in [2.45, 2.75) is 31.3 Å². The minimum absolute atomic E-state index is 0.103. The summed E-state index contributed by atoms with van der Waals surface area (Å²) in [5.41, 5.74) is 5.75. The van der Waals surface area contributed by atoms with E-state index in [-0.39, 0.29) is 18.2 Å². The van der Waals surface area contributed by atoms with Gasteiger partial charge in [0.05, 0.1) is 5.75 Å². The van der Waals surface area contributed by atoms with Gasteiger partial charge in [-0.05, 0) is 19.3 Å². The largest absolute Gasteiger partial charge is 0.480 e. The topological polar surface area (TPSA) is 130 Å². The number of hydrogen-bond acceptors (Lipinski definition) is 5. The minimum Gasteiger partial charge on any atom is -0.480 e. The number of hydrogen-bond donors (Lipinski definition) is 3. The van der Waals surface area contributed by atoms with Gasteiger partial charge in [-0.3, -0.25) is 0 Å². The van der Waals surface area contributed by atoms with E-state index in [0.29, 0.717) is 13.1 Å². The Labute approximate surface area is 118 Å². The summed E-state index contributed by atoms with van der Waals surface area (Å²) in [6.45, 7) is 0.905. The summed E-state index contributed by atoms with van der Waals surface area (Å²) in [5, 5.41) is 11.4. The lowest BCUT2D eigenvalue weighted by Gasteiger charge is -2.31. The molecule has 0 bridgehead atoms. The zero-order valence-electron chi connectivity index (χ0n) is 11.4. The van der Waals surface area contributed by atoms with Gasteiger partial charge in [0.15, 0.2) is 0 Å². The first-order valence-corrected chi connectivity index (χ1v) is 8.46. The molecule has 1 aliphatic heterocycles. The molecule has 9 heteroatoms. The average Bonchev–Trinajstić information content (AvgIpc) is 2.32. The lowest BCUT2D eigenvalue weighted by atomic mass is 10.1. The van der Waals surface area contributed by atoms with Crippen molar-refractivity contribution in [3.05, 3.63) is 0 Å². The minimum atomic E-state index is -3.27. The van der Waals surface area contributed by atoms with E-state index in [2.05, 4.69) is 5.32 Å². The Bertz CT molecular complexity index is 465. The van der Waals surface area contributed by atoms with Gasteiger partial charge >= 0.3 is 12.0 Å². The molecule has 20 heavy (non-hydrogen) atoms. The monoisotopic (exact) mass is 307 g/mol. The number of piperidine rings is 1. The second kappa shape index (κ2) is 6.89. The van der Waals surface area contributed by atoms with E-state index in [1.54, 1.807) is 0 Å². The summed E-state index contributed by atoms with van der Waals surface area (Å²) in [6, 6.07) is -1.83. The second-order valence-electron chi connectivity index (χ2n) is 5.11. The third kappa shape index (κ3) is 5.74. The number of carbonyl (C=O) groups excluding carboxylic acids is 1. The lowest BCUT2D eigenvalue weighted by Crippen LogP contribution is -2.53. The summed E-state index contributed by atoms with van der Waals surface area (Å²) in [5.74, 6) is -1.53. The van der Waals surface area contributed by atoms with Crippen molar-refractivity contribution < 1.29 is 23.1 Å². The number of rotatable bonds is 5. The van der Waals surface area contributed by atoms with Crippen LogP contribution in [0.4, 0.5) is 4.79 Å². The molecular weight excluding hydrogens is 286 g/mol. The molecule has 0 aromatic heterocycles. The lowest BCUT2D eigenvalue weighted by molar-refractivity contribution is -0.139. The smallest absolute Gasteiger partial charge is 0.326 e. The highest BCUT2D eigenvalue weighted by Crippen LogP contribution is 2.09. The predicted octanol–water partition coefficient (Wildman–Crippen LogP) is -0.993. The van der Waals surface area contributed by atoms with Crippen molar-refractivity contribution in [2.75, 3.05) is 25.1 Å². The van der Waals surface area contributed by atoms with Crippen molar-refractivity contribution >= 4 is 21.8 Å². The average molecular weight is 307 g/mol. The maximum absolute atomic E-state index is 11.9. The molecule has 1 heterocycles. The maximum Gasteiger partial charge on any atom is 0.326 e. The van der Waals surface area contributed by atoms with Crippen LogP contribution in [0.5, 0.6) is 0 Å². The SMILES string of the molecule is CS(=O)(=O)CCC(NC(=O)N1CCCC(N)C1)C(=O)O. The van der Waals surface area contributed by atoms with E-state index in [4.69, 9.17) is 10.8 Å². The van der Waals surface area contributed by atoms with Crippen LogP contribution in [0.15, 0.2) is 0 Å². The van der Waals surface area contributed by atoms with Crippen LogP contribution in [-0.4, -0.2) is 67.6 Å². The molecule has 2 unspecified atom stereocenters. The number of urea groups is 1. The molecule has 0 aromatic rings. The number of amides is 2. The molecule has 0 radical (unpaired) electrons. The number of sulfone groups is 1. The van der Waals surface area contributed by atoms with Gasteiger partial charge in [-0.15, -0.1) is 0 Å². The third-order valence-electron chi connectivity index (χ3n) is 3.12. The fourth-order valence-electron chi connectivity index (χ4n) is 2.02. The van der Waals surface area contributed by atoms with Gasteiger partial charge < -0.3 is 21.1 Å². The van der Waals surface area contributed by atoms with Crippen LogP contribution >= 0.6 is 0 Å². The standard InChI is InChI=1S/C11H21N3O5S/c1-20(18,19)6-4-9(10(15)16)13-11(17)14-5-2-3-8(12)7-14/h8-9H,2-7,12H2,1H3,(H,13,17)(H,15,16). The van der Waals surface area contributed by atoms with Crippen LogP contribution in [0.1, 0.15) is 19.3 Å². The van der Waals surface area contributed by atoms with E-state index in [1.807, 2.05) is 0 Å². The van der Waals surface area contributed by atoms with Gasteiger partial charge in [-0.25, -0.2) is 18.0 Å². The molecule has 0 aromatic carbocycles. The van der Waals surface area contributed by atoms with Crippen LogP contribution < -0.4 is 11.1 Å². The Morgan fingerprint density at radius 3 is 2.65 bits per heavy atom. The third-order valence-corrected chi connectivity index (χ3v) is 4.10. The number of aliphatic carboxylic acids is 1. The molecule has 1 saturated heterocycles. The highest BCUT2D eigenvalue weighted by Gasteiger charge is 2.26. The molecule has 2 atom stereocenters. The zero-order valence-corrected chi connectivity index (χ0v) is 12.2. The summed E-state index contributed by atoms with van der Waals surface area (Å²) < 4.78 is 22.1. The van der Waals surface area contributed by atoms with E-state index >= 15 is 0 Å². The van der Waals surface area contributed by atoms with Crippen LogP contribution in [-0.2, 0) is 14.6 Å². The molecule has 4 N–H and O–H groups in total. The number of carboxylic acid groups (broad SMARTS) is 1. The van der Waals surface area contributed by atoms with E-state index in [1.165, 1.54) is 4.90 Å². The van der Waals surface area contributed by atoms with E-state index in [0.717, 1.165) is 19.1 Å². The van der Waals surface area contributed by atoms with E-state index in [9.17, 15) is 18.0 Å². The zero-order chi connectivity index (χ0) is 15.3. The molecule has 1 rings (SSSR count). The van der Waals surface area contributed by atoms with Gasteiger partial charge in [-0.1, -0.05) is 0 Å². The molecule has 8 nitrogen and oxygen atoms in total. The summed E-state index contributed by atoms with van der Waals surface area (Å²) in [6.07, 6.45) is 2.48. The van der Waals surface area contributed by atoms with Gasteiger partial charge in [-0.2, -0.15) is 0 Å². The predicted molar refractivity (Wildman–Crippen MR) is 73.1 cm³/mol. The van der Waals surface area contributed by atoms with Crippen molar-refractivity contribution in [1.82, 2.24) is 10.2 Å². The van der Waals surface area contributed by atoms with Gasteiger partial charge in [0.25, 0.3) is 0 Å². The molecule has 1 aliphatic rings. The molecule has 1 fully saturated rings. The number of likely N-dealkylation sites (tertiary alicyclic amines) is 1. The van der Waals surface area contributed by atoms with Gasteiger partial charge in [0.1, 0.15) is 15.9 Å². The van der Waals surface area contributed by atoms with E-state index < -0.39 is 27.9 Å². The Kier molecular flexibility index (Phi) is 5.75. The maximum atomic E-state index is 11.9. The second-order valence-corrected chi connectivity index (χ2v) is 7.37. The highest BCUT2D eigenvalue weighted by atomic mass is 32.2. The summed E-state index contributed by atoms with van der Waals surface area (Å²) >= 11 is 0. The first-order chi connectivity index (χ1) is 9.19. The summed E-state index contributed by atoms with van der Waals surface area (Å²) in [7, 11) is -3.27. The van der Waals surface area contributed by atoms with Gasteiger partial charge in [0, 0.05) is 25.4 Å². The van der Waals surface area contributed by atoms with Crippen LogP contribution in [0.25, 0.3) is 0 Å². The molecule has 0 spiro atoms. The molecule has 0 aliphatic carbocycles. The number of carboxylic acids is 1. The molecular formula is C11H21N3O5S. The Morgan fingerprint density at radius 2 is 2.15 bits per heavy atom. The normalized spacial score (nSPS) is 21.3. The number of nitrogens with one attached hydrogen (secondary N) is 1. The number of nitrogens with two attached hydrogens (primary N) is 1. The van der Waals surface area contributed by atoms with Crippen molar-refractivity contribution in [1.29, 1.82) is 0 Å². The van der Waals surface area contributed by atoms with Crippen molar-refractivity contribution in [3.8, 4) is 0 Å². The fourth-order valence-corrected chi connectivity index (χ4v) is 2.69. The quantitative estimate of drug-likeness (QED) is 0.598. The van der Waals surface area contributed by atoms with Crippen LogP contribution in [0.3, 0.4) is 0 Å². The molecule has 116 valence electrons. The first kappa shape index (κ1) is 16.7. The van der Waals surface area contributed by atoms with Crippen molar-refractivity contribution in [2.24, 2.45) is 5.73 Å².